The van der Waals surface area contributed by atoms with Gasteiger partial charge in [-0.05, 0) is 32.0 Å². The maximum absolute atomic E-state index is 12.5. The van der Waals surface area contributed by atoms with Gasteiger partial charge in [0.05, 0.1) is 5.69 Å². The van der Waals surface area contributed by atoms with Crippen molar-refractivity contribution in [3.63, 3.8) is 0 Å². The van der Waals surface area contributed by atoms with Crippen molar-refractivity contribution in [3.8, 4) is 0 Å². The molecule has 6 heteroatoms. The van der Waals surface area contributed by atoms with E-state index in [1.165, 1.54) is 4.31 Å². The Kier molecular flexibility index (Phi) is 4.67. The maximum atomic E-state index is 12.5. The van der Waals surface area contributed by atoms with Gasteiger partial charge in [-0.25, -0.2) is 12.7 Å². The second kappa shape index (κ2) is 6.11. The molecule has 0 saturated carbocycles. The number of likely N-dealkylation sites (N-methyl/N-ethyl adjacent to an activating group) is 1. The lowest BCUT2D eigenvalue weighted by Gasteiger charge is -2.31. The van der Waals surface area contributed by atoms with Crippen LogP contribution in [0.1, 0.15) is 13.3 Å². The predicted molar refractivity (Wildman–Crippen MR) is 81.6 cm³/mol. The van der Waals surface area contributed by atoms with Gasteiger partial charge < -0.3 is 10.2 Å². The zero-order chi connectivity index (χ0) is 14.8. The summed E-state index contributed by atoms with van der Waals surface area (Å²) in [4.78, 5) is 2.58. The first-order chi connectivity index (χ1) is 9.48. The summed E-state index contributed by atoms with van der Waals surface area (Å²) in [5, 5.41) is 3.34. The van der Waals surface area contributed by atoms with Crippen molar-refractivity contribution < 1.29 is 8.42 Å². The van der Waals surface area contributed by atoms with Crippen LogP contribution in [-0.2, 0) is 10.0 Å². The molecule has 1 fully saturated rings. The maximum Gasteiger partial charge on any atom is 0.244 e. The Labute approximate surface area is 121 Å². The molecule has 0 spiro atoms. The summed E-state index contributed by atoms with van der Waals surface area (Å²) in [5.41, 5.74) is 0.803. The summed E-state index contributed by atoms with van der Waals surface area (Å²) >= 11 is 0. The minimum atomic E-state index is -3.42. The number of anilines is 1. The van der Waals surface area contributed by atoms with Gasteiger partial charge in [0.25, 0.3) is 0 Å². The molecule has 1 saturated heterocycles. The second-order valence-electron chi connectivity index (χ2n) is 5.19. The molecule has 2 rings (SSSR count). The van der Waals surface area contributed by atoms with Gasteiger partial charge in [-0.1, -0.05) is 12.1 Å². The van der Waals surface area contributed by atoms with Gasteiger partial charge in [-0.3, -0.25) is 0 Å². The average molecular weight is 297 g/mol. The standard InChI is InChI=1S/C14H23N3O2S/c1-4-17(12-9-10-15-11-12)13-7-5-6-8-14(13)20(18,19)16(2)3/h5-8,12,15H,4,9-11H2,1-3H3. The van der Waals surface area contributed by atoms with E-state index >= 15 is 0 Å². The predicted octanol–water partition coefficient (Wildman–Crippen LogP) is 1.13. The van der Waals surface area contributed by atoms with E-state index in [2.05, 4.69) is 17.1 Å². The third kappa shape index (κ3) is 2.82. The summed E-state index contributed by atoms with van der Waals surface area (Å²) in [6.07, 6.45) is 1.05. The van der Waals surface area contributed by atoms with Crippen molar-refractivity contribution in [2.75, 3.05) is 38.6 Å². The first-order valence-electron chi connectivity index (χ1n) is 6.97. The van der Waals surface area contributed by atoms with Crippen molar-refractivity contribution in [3.05, 3.63) is 24.3 Å². The van der Waals surface area contributed by atoms with Gasteiger partial charge in [0, 0.05) is 33.2 Å². The van der Waals surface area contributed by atoms with Gasteiger partial charge in [-0.2, -0.15) is 0 Å². The summed E-state index contributed by atoms with van der Waals surface area (Å²) in [5.74, 6) is 0. The lowest BCUT2D eigenvalue weighted by Crippen LogP contribution is -2.38. The van der Waals surface area contributed by atoms with Gasteiger partial charge in [0.2, 0.25) is 10.0 Å². The second-order valence-corrected chi connectivity index (χ2v) is 7.31. The van der Waals surface area contributed by atoms with Gasteiger partial charge in [0.1, 0.15) is 4.90 Å². The quantitative estimate of drug-likeness (QED) is 0.885. The number of nitrogens with one attached hydrogen (secondary N) is 1. The van der Waals surface area contributed by atoms with E-state index in [0.717, 1.165) is 31.7 Å². The highest BCUT2D eigenvalue weighted by Gasteiger charge is 2.28. The van der Waals surface area contributed by atoms with Crippen LogP contribution in [0, 0.1) is 0 Å². The van der Waals surface area contributed by atoms with E-state index in [9.17, 15) is 8.42 Å². The molecule has 1 heterocycles. The zero-order valence-corrected chi connectivity index (χ0v) is 13.2. The van der Waals surface area contributed by atoms with E-state index in [4.69, 9.17) is 0 Å². The monoisotopic (exact) mass is 297 g/mol. The van der Waals surface area contributed by atoms with E-state index in [0.29, 0.717) is 10.9 Å². The van der Waals surface area contributed by atoms with Crippen molar-refractivity contribution in [1.82, 2.24) is 9.62 Å². The topological polar surface area (TPSA) is 52.7 Å². The van der Waals surface area contributed by atoms with Crippen LogP contribution in [0.3, 0.4) is 0 Å². The Morgan fingerprint density at radius 1 is 1.30 bits per heavy atom. The highest BCUT2D eigenvalue weighted by Crippen LogP contribution is 2.29. The van der Waals surface area contributed by atoms with Crippen LogP contribution in [0.5, 0.6) is 0 Å². The Morgan fingerprint density at radius 3 is 2.55 bits per heavy atom. The molecule has 112 valence electrons. The van der Waals surface area contributed by atoms with Gasteiger partial charge in [-0.15, -0.1) is 0 Å². The minimum absolute atomic E-state index is 0.360. The molecule has 1 aromatic rings. The number of hydrogen-bond donors (Lipinski definition) is 1. The van der Waals surface area contributed by atoms with Crippen molar-refractivity contribution in [2.24, 2.45) is 0 Å². The summed E-state index contributed by atoms with van der Waals surface area (Å²) in [6.45, 7) is 4.76. The molecular weight excluding hydrogens is 274 g/mol. The number of nitrogens with zero attached hydrogens (tertiary/aromatic N) is 2. The summed E-state index contributed by atoms with van der Waals surface area (Å²) in [7, 11) is -0.283. The van der Waals surface area contributed by atoms with E-state index in [-0.39, 0.29) is 0 Å². The zero-order valence-electron chi connectivity index (χ0n) is 12.3. The molecule has 0 radical (unpaired) electrons. The Balaban J connectivity index is 2.46. The van der Waals surface area contributed by atoms with Crippen LogP contribution in [0.15, 0.2) is 29.2 Å². The third-order valence-electron chi connectivity index (χ3n) is 3.75. The molecule has 0 aromatic heterocycles. The van der Waals surface area contributed by atoms with Crippen LogP contribution in [0.25, 0.3) is 0 Å². The number of sulfonamides is 1. The fourth-order valence-electron chi connectivity index (χ4n) is 2.64. The highest BCUT2D eigenvalue weighted by atomic mass is 32.2. The van der Waals surface area contributed by atoms with Crippen LogP contribution < -0.4 is 10.2 Å². The molecule has 5 nitrogen and oxygen atoms in total. The fraction of sp³-hybridized carbons (Fsp3) is 0.571. The number of benzene rings is 1. The largest absolute Gasteiger partial charge is 0.366 e. The molecule has 1 N–H and O–H groups in total. The fourth-order valence-corrected chi connectivity index (χ4v) is 3.73. The molecular formula is C14H23N3O2S. The molecule has 1 unspecified atom stereocenters. The molecule has 20 heavy (non-hydrogen) atoms. The molecule has 1 aliphatic rings. The van der Waals surface area contributed by atoms with E-state index in [1.54, 1.807) is 26.2 Å². The average Bonchev–Trinajstić information content (AvgIpc) is 2.94. The van der Waals surface area contributed by atoms with Crippen LogP contribution in [0.2, 0.25) is 0 Å². The molecule has 0 aliphatic carbocycles. The molecule has 1 atom stereocenters. The van der Waals surface area contributed by atoms with Crippen LogP contribution >= 0.6 is 0 Å². The third-order valence-corrected chi connectivity index (χ3v) is 5.61. The molecule has 1 aliphatic heterocycles. The molecule has 1 aromatic carbocycles. The number of hydrogen-bond acceptors (Lipinski definition) is 4. The molecule has 0 amide bonds. The lowest BCUT2D eigenvalue weighted by atomic mass is 10.2. The summed E-state index contributed by atoms with van der Waals surface area (Å²) in [6, 6.07) is 7.63. The minimum Gasteiger partial charge on any atom is -0.366 e. The first-order valence-corrected chi connectivity index (χ1v) is 8.41. The Morgan fingerprint density at radius 2 is 2.00 bits per heavy atom. The molecule has 0 bridgehead atoms. The van der Waals surface area contributed by atoms with Gasteiger partial charge >= 0.3 is 0 Å². The van der Waals surface area contributed by atoms with Gasteiger partial charge in [0.15, 0.2) is 0 Å². The van der Waals surface area contributed by atoms with Crippen molar-refractivity contribution in [2.45, 2.75) is 24.3 Å². The van der Waals surface area contributed by atoms with E-state index < -0.39 is 10.0 Å². The SMILES string of the molecule is CCN(c1ccccc1S(=O)(=O)N(C)C)C1CCNC1. The Bertz CT molecular complexity index is 551. The number of para-hydroxylation sites is 1. The lowest BCUT2D eigenvalue weighted by molar-refractivity contribution is 0.519. The normalized spacial score (nSPS) is 19.5. The van der Waals surface area contributed by atoms with Crippen LogP contribution in [0.4, 0.5) is 5.69 Å². The smallest absolute Gasteiger partial charge is 0.244 e. The Hall–Kier alpha value is -1.11. The van der Waals surface area contributed by atoms with Crippen LogP contribution in [-0.4, -0.2) is 52.5 Å². The number of rotatable bonds is 5. The van der Waals surface area contributed by atoms with Crippen molar-refractivity contribution in [1.29, 1.82) is 0 Å². The van der Waals surface area contributed by atoms with E-state index in [1.807, 2.05) is 12.1 Å². The highest BCUT2D eigenvalue weighted by molar-refractivity contribution is 7.89. The van der Waals surface area contributed by atoms with Crippen molar-refractivity contribution >= 4 is 15.7 Å². The first kappa shape index (κ1) is 15.3. The summed E-state index contributed by atoms with van der Waals surface area (Å²) < 4.78 is 26.2.